The maximum absolute atomic E-state index is 5.98. The molecule has 5 heteroatoms. The van der Waals surface area contributed by atoms with E-state index >= 15 is 0 Å². The molecular weight excluding hydrogens is 262 g/mol. The minimum Gasteiger partial charge on any atom is -0.339 e. The molecule has 0 aliphatic carbocycles. The highest BCUT2D eigenvalue weighted by atomic mass is 35.5. The summed E-state index contributed by atoms with van der Waals surface area (Å²) in [5.74, 6) is 1.36. The van der Waals surface area contributed by atoms with Gasteiger partial charge in [0.15, 0.2) is 5.82 Å². The molecule has 2 unspecified atom stereocenters. The van der Waals surface area contributed by atoms with Gasteiger partial charge < -0.3 is 10.3 Å². The molecule has 0 bridgehead atoms. The fourth-order valence-electron chi connectivity index (χ4n) is 1.85. The summed E-state index contributed by atoms with van der Waals surface area (Å²) < 4.78 is 5.28. The van der Waals surface area contributed by atoms with Crippen molar-refractivity contribution in [2.75, 3.05) is 0 Å². The van der Waals surface area contributed by atoms with Gasteiger partial charge in [-0.15, -0.1) is 0 Å². The van der Waals surface area contributed by atoms with Crippen LogP contribution in [0.4, 0.5) is 0 Å². The van der Waals surface area contributed by atoms with Gasteiger partial charge in [0.2, 0.25) is 5.89 Å². The van der Waals surface area contributed by atoms with Gasteiger partial charge in [0.05, 0.1) is 5.92 Å². The molecule has 1 aromatic heterocycles. The van der Waals surface area contributed by atoms with Crippen LogP contribution in [0.15, 0.2) is 28.8 Å². The predicted molar refractivity (Wildman–Crippen MR) is 75.2 cm³/mol. The van der Waals surface area contributed by atoms with Crippen LogP contribution in [0.2, 0.25) is 5.02 Å². The highest BCUT2D eigenvalue weighted by Crippen LogP contribution is 2.19. The van der Waals surface area contributed by atoms with Crippen molar-refractivity contribution in [3.05, 3.63) is 46.6 Å². The van der Waals surface area contributed by atoms with E-state index in [9.17, 15) is 0 Å². The zero-order chi connectivity index (χ0) is 13.8. The summed E-state index contributed by atoms with van der Waals surface area (Å²) in [5, 5.41) is 4.72. The first kappa shape index (κ1) is 14.0. The SMILES string of the molecule is CCC(N)C(C)c1nc(Cc2ccc(Cl)cc2)no1. The Morgan fingerprint density at radius 1 is 1.32 bits per heavy atom. The number of nitrogens with zero attached hydrogens (tertiary/aromatic N) is 2. The van der Waals surface area contributed by atoms with Crippen LogP contribution in [-0.2, 0) is 6.42 Å². The van der Waals surface area contributed by atoms with Crippen LogP contribution in [0.25, 0.3) is 0 Å². The third-order valence-corrected chi connectivity index (χ3v) is 3.51. The molecule has 0 amide bonds. The molecule has 0 aliphatic rings. The molecule has 4 nitrogen and oxygen atoms in total. The molecular formula is C14H18ClN3O. The minimum atomic E-state index is 0.0452. The van der Waals surface area contributed by atoms with Crippen molar-refractivity contribution < 1.29 is 4.52 Å². The smallest absolute Gasteiger partial charge is 0.231 e. The molecule has 19 heavy (non-hydrogen) atoms. The number of nitrogens with two attached hydrogens (primary N) is 1. The highest BCUT2D eigenvalue weighted by molar-refractivity contribution is 6.30. The number of benzene rings is 1. The van der Waals surface area contributed by atoms with Crippen LogP contribution in [0.1, 0.15) is 43.5 Å². The third kappa shape index (κ3) is 3.55. The molecule has 1 aromatic carbocycles. The van der Waals surface area contributed by atoms with E-state index in [1.54, 1.807) is 0 Å². The fourth-order valence-corrected chi connectivity index (χ4v) is 1.97. The molecule has 0 radical (unpaired) electrons. The van der Waals surface area contributed by atoms with E-state index in [0.717, 1.165) is 17.0 Å². The van der Waals surface area contributed by atoms with Crippen molar-refractivity contribution in [2.45, 2.75) is 38.6 Å². The standard InChI is InChI=1S/C14H18ClN3O/c1-3-12(16)9(2)14-17-13(18-19-14)8-10-4-6-11(15)7-5-10/h4-7,9,12H,3,8,16H2,1-2H3. The summed E-state index contributed by atoms with van der Waals surface area (Å²) in [6.07, 6.45) is 1.52. The first-order valence-electron chi connectivity index (χ1n) is 6.42. The number of hydrogen-bond donors (Lipinski definition) is 1. The molecule has 2 rings (SSSR count). The van der Waals surface area contributed by atoms with Crippen molar-refractivity contribution in [2.24, 2.45) is 5.73 Å². The van der Waals surface area contributed by atoms with Crippen molar-refractivity contribution in [3.63, 3.8) is 0 Å². The zero-order valence-electron chi connectivity index (χ0n) is 11.1. The number of rotatable bonds is 5. The Morgan fingerprint density at radius 3 is 2.63 bits per heavy atom. The van der Waals surface area contributed by atoms with Crippen LogP contribution in [0, 0.1) is 0 Å². The highest BCUT2D eigenvalue weighted by Gasteiger charge is 2.19. The van der Waals surface area contributed by atoms with Crippen LogP contribution in [-0.4, -0.2) is 16.2 Å². The quantitative estimate of drug-likeness (QED) is 0.913. The largest absolute Gasteiger partial charge is 0.339 e. The first-order valence-corrected chi connectivity index (χ1v) is 6.80. The Morgan fingerprint density at radius 2 is 2.00 bits per heavy atom. The lowest BCUT2D eigenvalue weighted by molar-refractivity contribution is 0.337. The predicted octanol–water partition coefficient (Wildman–Crippen LogP) is 3.15. The van der Waals surface area contributed by atoms with Gasteiger partial charge in [0, 0.05) is 17.5 Å². The third-order valence-electron chi connectivity index (χ3n) is 3.26. The van der Waals surface area contributed by atoms with Gasteiger partial charge in [-0.1, -0.05) is 42.7 Å². The zero-order valence-corrected chi connectivity index (χ0v) is 11.9. The van der Waals surface area contributed by atoms with Crippen LogP contribution in [0.3, 0.4) is 0 Å². The van der Waals surface area contributed by atoms with E-state index < -0.39 is 0 Å². The molecule has 102 valence electrons. The Kier molecular flexibility index (Phi) is 4.56. The first-order chi connectivity index (χ1) is 9.10. The van der Waals surface area contributed by atoms with E-state index in [1.165, 1.54) is 0 Å². The summed E-state index contributed by atoms with van der Waals surface area (Å²) in [7, 11) is 0. The normalized spacial score (nSPS) is 14.3. The summed E-state index contributed by atoms with van der Waals surface area (Å²) in [4.78, 5) is 4.41. The summed E-state index contributed by atoms with van der Waals surface area (Å²) in [6.45, 7) is 4.06. The second-order valence-electron chi connectivity index (χ2n) is 4.71. The molecule has 2 aromatic rings. The monoisotopic (exact) mass is 279 g/mol. The van der Waals surface area contributed by atoms with Gasteiger partial charge in [0.1, 0.15) is 0 Å². The van der Waals surface area contributed by atoms with E-state index in [4.69, 9.17) is 21.9 Å². The van der Waals surface area contributed by atoms with Crippen molar-refractivity contribution in [1.82, 2.24) is 10.1 Å². The van der Waals surface area contributed by atoms with Crippen LogP contribution >= 0.6 is 11.6 Å². The van der Waals surface area contributed by atoms with Gasteiger partial charge >= 0.3 is 0 Å². The average molecular weight is 280 g/mol. The molecule has 0 aliphatic heterocycles. The molecule has 0 spiro atoms. The number of halogens is 1. The van der Waals surface area contributed by atoms with E-state index in [2.05, 4.69) is 10.1 Å². The molecule has 0 fully saturated rings. The van der Waals surface area contributed by atoms with Crippen molar-refractivity contribution >= 4 is 11.6 Å². The minimum absolute atomic E-state index is 0.0452. The molecule has 1 heterocycles. The van der Waals surface area contributed by atoms with Gasteiger partial charge in [-0.2, -0.15) is 4.98 Å². The fraction of sp³-hybridized carbons (Fsp3) is 0.429. The van der Waals surface area contributed by atoms with Crippen molar-refractivity contribution in [3.8, 4) is 0 Å². The second kappa shape index (κ2) is 6.17. The lowest BCUT2D eigenvalue weighted by Crippen LogP contribution is -2.25. The summed E-state index contributed by atoms with van der Waals surface area (Å²) in [5.41, 5.74) is 7.09. The second-order valence-corrected chi connectivity index (χ2v) is 5.15. The van der Waals surface area contributed by atoms with E-state index in [0.29, 0.717) is 18.1 Å². The molecule has 0 saturated heterocycles. The van der Waals surface area contributed by atoms with Gasteiger partial charge in [-0.3, -0.25) is 0 Å². The molecule has 2 atom stereocenters. The van der Waals surface area contributed by atoms with Gasteiger partial charge in [-0.05, 0) is 24.1 Å². The number of aromatic nitrogens is 2. The van der Waals surface area contributed by atoms with Crippen molar-refractivity contribution in [1.29, 1.82) is 0 Å². The summed E-state index contributed by atoms with van der Waals surface area (Å²) >= 11 is 5.85. The van der Waals surface area contributed by atoms with E-state index in [1.807, 2.05) is 38.1 Å². The topological polar surface area (TPSA) is 64.9 Å². The van der Waals surface area contributed by atoms with E-state index in [-0.39, 0.29) is 12.0 Å². The van der Waals surface area contributed by atoms with Crippen LogP contribution < -0.4 is 5.73 Å². The van der Waals surface area contributed by atoms with Gasteiger partial charge in [0.25, 0.3) is 0 Å². The Labute approximate surface area is 118 Å². The lowest BCUT2D eigenvalue weighted by atomic mass is 10.0. The van der Waals surface area contributed by atoms with Gasteiger partial charge in [-0.25, -0.2) is 0 Å². The summed E-state index contributed by atoms with van der Waals surface area (Å²) in [6, 6.07) is 7.67. The number of hydrogen-bond acceptors (Lipinski definition) is 4. The Hall–Kier alpha value is -1.39. The average Bonchev–Trinajstić information content (AvgIpc) is 2.88. The maximum Gasteiger partial charge on any atom is 0.231 e. The van der Waals surface area contributed by atoms with Crippen LogP contribution in [0.5, 0.6) is 0 Å². The Bertz CT molecular complexity index is 524. The molecule has 2 N–H and O–H groups in total. The molecule has 0 saturated carbocycles. The lowest BCUT2D eigenvalue weighted by Gasteiger charge is -2.13. The maximum atomic E-state index is 5.98. The Balaban J connectivity index is 2.07.